The van der Waals surface area contributed by atoms with E-state index < -0.39 is 0 Å². The lowest BCUT2D eigenvalue weighted by molar-refractivity contribution is -0.0517. The molecule has 0 atom stereocenters. The molecule has 1 saturated heterocycles. The highest BCUT2D eigenvalue weighted by atomic mass is 79.9. The summed E-state index contributed by atoms with van der Waals surface area (Å²) in [4.78, 5) is 0. The molecule has 16 heavy (non-hydrogen) atoms. The first-order valence-electron chi connectivity index (χ1n) is 5.30. The van der Waals surface area contributed by atoms with Crippen LogP contribution >= 0.6 is 15.9 Å². The van der Waals surface area contributed by atoms with Crippen LogP contribution in [0.4, 0.5) is 0 Å². The third kappa shape index (κ3) is 1.88. The topological polar surface area (TPSA) is 23.4 Å². The maximum absolute atomic E-state index is 5.45. The highest BCUT2D eigenvalue weighted by Gasteiger charge is 2.16. The van der Waals surface area contributed by atoms with Crippen molar-refractivity contribution in [1.29, 1.82) is 0 Å². The second-order valence-corrected chi connectivity index (χ2v) is 4.76. The summed E-state index contributed by atoms with van der Waals surface area (Å²) in [7, 11) is 0. The van der Waals surface area contributed by atoms with E-state index in [1.807, 2.05) is 0 Å². The molecule has 0 bridgehead atoms. The Morgan fingerprint density at radius 2 is 2.06 bits per heavy atom. The van der Waals surface area contributed by atoms with E-state index in [0.717, 1.165) is 11.0 Å². The standard InChI is InChI=1S/C12H12BrNO2/c13-10-1-2-11-9(7-10)3-4-14(11)8-12-15-5-6-16-12/h1-4,7,12H,5-6,8H2. The van der Waals surface area contributed by atoms with Crippen LogP contribution in [0.1, 0.15) is 0 Å². The van der Waals surface area contributed by atoms with E-state index in [1.54, 1.807) is 0 Å². The van der Waals surface area contributed by atoms with E-state index in [0.29, 0.717) is 13.2 Å². The molecule has 3 rings (SSSR count). The van der Waals surface area contributed by atoms with Crippen molar-refractivity contribution >= 4 is 26.8 Å². The fraction of sp³-hybridized carbons (Fsp3) is 0.333. The summed E-state index contributed by atoms with van der Waals surface area (Å²) in [5.41, 5.74) is 1.21. The van der Waals surface area contributed by atoms with E-state index in [2.05, 4.69) is 51.0 Å². The lowest BCUT2D eigenvalue weighted by Gasteiger charge is -2.11. The molecule has 0 unspecified atom stereocenters. The van der Waals surface area contributed by atoms with Gasteiger partial charge in [-0.25, -0.2) is 0 Å². The minimum atomic E-state index is -0.0979. The van der Waals surface area contributed by atoms with Crippen LogP contribution in [0.5, 0.6) is 0 Å². The molecule has 84 valence electrons. The summed E-state index contributed by atoms with van der Waals surface area (Å²) in [5.74, 6) is 0. The molecular weight excluding hydrogens is 270 g/mol. The largest absolute Gasteiger partial charge is 0.348 e. The second-order valence-electron chi connectivity index (χ2n) is 3.84. The molecule has 4 heteroatoms. The lowest BCUT2D eigenvalue weighted by Crippen LogP contribution is -2.15. The minimum Gasteiger partial charge on any atom is -0.348 e. The van der Waals surface area contributed by atoms with Crippen molar-refractivity contribution in [3.8, 4) is 0 Å². The van der Waals surface area contributed by atoms with Crippen LogP contribution in [0.25, 0.3) is 10.9 Å². The molecule has 0 amide bonds. The Labute approximate surface area is 102 Å². The van der Waals surface area contributed by atoms with E-state index in [-0.39, 0.29) is 6.29 Å². The van der Waals surface area contributed by atoms with Crippen LogP contribution in [0.3, 0.4) is 0 Å². The SMILES string of the molecule is Brc1ccc2c(ccn2CC2OCCO2)c1. The molecule has 2 aromatic rings. The molecule has 0 aliphatic carbocycles. The van der Waals surface area contributed by atoms with Crippen LogP contribution < -0.4 is 0 Å². The van der Waals surface area contributed by atoms with Crippen molar-refractivity contribution in [2.24, 2.45) is 0 Å². The first kappa shape index (κ1) is 10.3. The Balaban J connectivity index is 1.91. The van der Waals surface area contributed by atoms with Gasteiger partial charge in [-0.2, -0.15) is 0 Å². The molecule has 0 spiro atoms. The fourth-order valence-corrected chi connectivity index (χ4v) is 2.38. The van der Waals surface area contributed by atoms with Crippen LogP contribution in [0, 0.1) is 0 Å². The van der Waals surface area contributed by atoms with Gasteiger partial charge in [0.05, 0.1) is 19.8 Å². The van der Waals surface area contributed by atoms with E-state index in [9.17, 15) is 0 Å². The minimum absolute atomic E-state index is 0.0979. The fourth-order valence-electron chi connectivity index (χ4n) is 2.00. The summed E-state index contributed by atoms with van der Waals surface area (Å²) in [6.45, 7) is 2.16. The molecular formula is C12H12BrNO2. The highest BCUT2D eigenvalue weighted by molar-refractivity contribution is 9.10. The normalized spacial score (nSPS) is 17.3. The van der Waals surface area contributed by atoms with Gasteiger partial charge < -0.3 is 14.0 Å². The van der Waals surface area contributed by atoms with Crippen molar-refractivity contribution in [1.82, 2.24) is 4.57 Å². The van der Waals surface area contributed by atoms with Gasteiger partial charge in [-0.3, -0.25) is 0 Å². The number of benzene rings is 1. The summed E-state index contributed by atoms with van der Waals surface area (Å²) < 4.78 is 14.2. The third-order valence-electron chi connectivity index (χ3n) is 2.77. The Morgan fingerprint density at radius 1 is 1.25 bits per heavy atom. The summed E-state index contributed by atoms with van der Waals surface area (Å²) >= 11 is 3.47. The van der Waals surface area contributed by atoms with Gasteiger partial charge >= 0.3 is 0 Å². The van der Waals surface area contributed by atoms with Crippen molar-refractivity contribution in [3.63, 3.8) is 0 Å². The van der Waals surface area contributed by atoms with Gasteiger partial charge in [0.1, 0.15) is 0 Å². The lowest BCUT2D eigenvalue weighted by atomic mass is 10.2. The van der Waals surface area contributed by atoms with Gasteiger partial charge in [-0.05, 0) is 24.3 Å². The predicted octanol–water partition coefficient (Wildman–Crippen LogP) is 2.78. The van der Waals surface area contributed by atoms with Gasteiger partial charge in [-0.1, -0.05) is 15.9 Å². The van der Waals surface area contributed by atoms with Crippen molar-refractivity contribution in [2.75, 3.05) is 13.2 Å². The number of ether oxygens (including phenoxy) is 2. The Hall–Kier alpha value is -0.840. The molecule has 1 aliphatic rings. The smallest absolute Gasteiger partial charge is 0.175 e. The summed E-state index contributed by atoms with van der Waals surface area (Å²) in [6.07, 6.45) is 1.97. The molecule has 1 aromatic carbocycles. The zero-order valence-corrected chi connectivity index (χ0v) is 10.3. The van der Waals surface area contributed by atoms with Crippen LogP contribution in [0.2, 0.25) is 0 Å². The molecule has 3 nitrogen and oxygen atoms in total. The van der Waals surface area contributed by atoms with Crippen molar-refractivity contribution < 1.29 is 9.47 Å². The number of fused-ring (bicyclic) bond motifs is 1. The van der Waals surface area contributed by atoms with Crippen LogP contribution in [-0.2, 0) is 16.0 Å². The number of hydrogen-bond acceptors (Lipinski definition) is 2. The highest BCUT2D eigenvalue weighted by Crippen LogP contribution is 2.21. The monoisotopic (exact) mass is 281 g/mol. The van der Waals surface area contributed by atoms with E-state index >= 15 is 0 Å². The van der Waals surface area contributed by atoms with Gasteiger partial charge in [-0.15, -0.1) is 0 Å². The van der Waals surface area contributed by atoms with Crippen molar-refractivity contribution in [3.05, 3.63) is 34.9 Å². The Morgan fingerprint density at radius 3 is 2.88 bits per heavy atom. The van der Waals surface area contributed by atoms with Gasteiger partial charge in [0.25, 0.3) is 0 Å². The molecule has 1 fully saturated rings. The number of aromatic nitrogens is 1. The average molecular weight is 282 g/mol. The summed E-state index contributed by atoms with van der Waals surface area (Å²) in [6, 6.07) is 8.38. The summed E-state index contributed by atoms with van der Waals surface area (Å²) in [5, 5.41) is 1.23. The maximum Gasteiger partial charge on any atom is 0.175 e. The van der Waals surface area contributed by atoms with Crippen LogP contribution in [-0.4, -0.2) is 24.1 Å². The quantitative estimate of drug-likeness (QED) is 0.845. The zero-order chi connectivity index (χ0) is 11.0. The number of rotatable bonds is 2. The number of nitrogens with zero attached hydrogens (tertiary/aromatic N) is 1. The molecule has 0 radical (unpaired) electrons. The predicted molar refractivity (Wildman–Crippen MR) is 65.3 cm³/mol. The first-order chi connectivity index (χ1) is 7.83. The van der Waals surface area contributed by atoms with E-state index in [1.165, 1.54) is 10.9 Å². The van der Waals surface area contributed by atoms with Gasteiger partial charge in [0.15, 0.2) is 6.29 Å². The molecule has 1 aromatic heterocycles. The molecule has 1 aliphatic heterocycles. The van der Waals surface area contributed by atoms with Gasteiger partial charge in [0, 0.05) is 21.6 Å². The molecule has 2 heterocycles. The number of halogens is 1. The molecule has 0 N–H and O–H groups in total. The third-order valence-corrected chi connectivity index (χ3v) is 3.26. The van der Waals surface area contributed by atoms with Gasteiger partial charge in [0.2, 0.25) is 0 Å². The Bertz CT molecular complexity index is 503. The van der Waals surface area contributed by atoms with E-state index in [4.69, 9.17) is 9.47 Å². The van der Waals surface area contributed by atoms with Crippen LogP contribution in [0.15, 0.2) is 34.9 Å². The van der Waals surface area contributed by atoms with Crippen molar-refractivity contribution in [2.45, 2.75) is 12.8 Å². The second kappa shape index (κ2) is 4.20. The number of hydrogen-bond donors (Lipinski definition) is 0. The Kier molecular flexibility index (Phi) is 2.71. The zero-order valence-electron chi connectivity index (χ0n) is 8.73. The first-order valence-corrected chi connectivity index (χ1v) is 6.10. The average Bonchev–Trinajstić information content (AvgIpc) is 2.89. The molecule has 0 saturated carbocycles. The maximum atomic E-state index is 5.45.